The Morgan fingerprint density at radius 2 is 1.88 bits per heavy atom. The molecule has 0 aromatic heterocycles. The molecule has 17 heavy (non-hydrogen) atoms. The number of amides is 3. The van der Waals surface area contributed by atoms with Crippen molar-refractivity contribution in [3.05, 3.63) is 0 Å². The third-order valence-corrected chi connectivity index (χ3v) is 2.07. The molecule has 7 nitrogen and oxygen atoms in total. The summed E-state index contributed by atoms with van der Waals surface area (Å²) in [6.07, 6.45) is 0.408. The second-order valence-corrected chi connectivity index (χ2v) is 4.28. The standard InChI is InChI=1S/C10H19N3O4/c1-6(2)4-7(12-10(11)17)9(16)13(3)5-8(14)15/h6-7H,4-5H2,1-3H3,(H,14,15)(H3,11,12,17). The first kappa shape index (κ1) is 15.2. The molecule has 7 heteroatoms. The van der Waals surface area contributed by atoms with Gasteiger partial charge >= 0.3 is 12.0 Å². The maximum atomic E-state index is 11.8. The number of aliphatic carboxylic acids is 1. The number of carbonyl (C=O) groups is 3. The molecule has 0 aromatic rings. The lowest BCUT2D eigenvalue weighted by Gasteiger charge is -2.23. The summed E-state index contributed by atoms with van der Waals surface area (Å²) in [6, 6.07) is -1.58. The number of nitrogens with one attached hydrogen (secondary N) is 1. The van der Waals surface area contributed by atoms with E-state index in [9.17, 15) is 14.4 Å². The first-order valence-corrected chi connectivity index (χ1v) is 5.26. The van der Waals surface area contributed by atoms with Crippen LogP contribution in [0.4, 0.5) is 4.79 Å². The number of nitrogens with zero attached hydrogens (tertiary/aromatic N) is 1. The minimum Gasteiger partial charge on any atom is -0.480 e. The van der Waals surface area contributed by atoms with Crippen LogP contribution >= 0.6 is 0 Å². The van der Waals surface area contributed by atoms with Gasteiger partial charge in [-0.05, 0) is 12.3 Å². The van der Waals surface area contributed by atoms with Crippen LogP contribution < -0.4 is 11.1 Å². The molecule has 0 spiro atoms. The smallest absolute Gasteiger partial charge is 0.323 e. The molecule has 98 valence electrons. The van der Waals surface area contributed by atoms with Crippen molar-refractivity contribution in [2.75, 3.05) is 13.6 Å². The monoisotopic (exact) mass is 245 g/mol. The van der Waals surface area contributed by atoms with Crippen molar-refractivity contribution in [2.24, 2.45) is 11.7 Å². The van der Waals surface area contributed by atoms with E-state index in [1.54, 1.807) is 0 Å². The molecular weight excluding hydrogens is 226 g/mol. The Kier molecular flexibility index (Phi) is 6.01. The molecule has 0 aliphatic heterocycles. The number of carbonyl (C=O) groups excluding carboxylic acids is 2. The van der Waals surface area contributed by atoms with Gasteiger partial charge < -0.3 is 21.1 Å². The van der Waals surface area contributed by atoms with Crippen molar-refractivity contribution in [3.8, 4) is 0 Å². The Bertz CT molecular complexity index is 304. The van der Waals surface area contributed by atoms with Gasteiger partial charge in [0.1, 0.15) is 12.6 Å². The highest BCUT2D eigenvalue weighted by Gasteiger charge is 2.25. The summed E-state index contributed by atoms with van der Waals surface area (Å²) in [6.45, 7) is 3.37. The third-order valence-electron chi connectivity index (χ3n) is 2.07. The quantitative estimate of drug-likeness (QED) is 0.591. The Labute approximate surface area is 100.0 Å². The van der Waals surface area contributed by atoms with Gasteiger partial charge in [0, 0.05) is 7.05 Å². The highest BCUT2D eigenvalue weighted by atomic mass is 16.4. The Hall–Kier alpha value is -1.79. The highest BCUT2D eigenvalue weighted by Crippen LogP contribution is 2.07. The van der Waals surface area contributed by atoms with Gasteiger partial charge in [0.25, 0.3) is 0 Å². The zero-order valence-corrected chi connectivity index (χ0v) is 10.3. The Balaban J connectivity index is 4.60. The number of urea groups is 1. The molecule has 0 bridgehead atoms. The Morgan fingerprint density at radius 3 is 2.24 bits per heavy atom. The van der Waals surface area contributed by atoms with E-state index in [0.717, 1.165) is 4.90 Å². The summed E-state index contributed by atoms with van der Waals surface area (Å²) in [5.41, 5.74) is 4.97. The van der Waals surface area contributed by atoms with E-state index < -0.39 is 30.5 Å². The van der Waals surface area contributed by atoms with Crippen molar-refractivity contribution in [2.45, 2.75) is 26.3 Å². The lowest BCUT2D eigenvalue weighted by molar-refractivity contribution is -0.144. The van der Waals surface area contributed by atoms with E-state index in [4.69, 9.17) is 10.8 Å². The molecule has 0 saturated carbocycles. The minimum atomic E-state index is -1.11. The van der Waals surface area contributed by atoms with E-state index in [2.05, 4.69) is 5.32 Å². The maximum Gasteiger partial charge on any atom is 0.323 e. The third kappa shape index (κ3) is 6.39. The molecule has 0 radical (unpaired) electrons. The molecule has 0 heterocycles. The van der Waals surface area contributed by atoms with Gasteiger partial charge in [0.15, 0.2) is 0 Å². The molecule has 0 aromatic carbocycles. The highest BCUT2D eigenvalue weighted by molar-refractivity contribution is 5.88. The van der Waals surface area contributed by atoms with Crippen molar-refractivity contribution in [3.63, 3.8) is 0 Å². The molecule has 0 fully saturated rings. The number of carboxylic acid groups (broad SMARTS) is 1. The predicted octanol–water partition coefficient (Wildman–Crippen LogP) is -0.388. The van der Waals surface area contributed by atoms with Crippen molar-refractivity contribution < 1.29 is 19.5 Å². The number of carboxylic acids is 1. The summed E-state index contributed by atoms with van der Waals surface area (Å²) in [7, 11) is 1.37. The topological polar surface area (TPSA) is 113 Å². The molecule has 1 unspecified atom stereocenters. The maximum absolute atomic E-state index is 11.8. The Morgan fingerprint density at radius 1 is 1.35 bits per heavy atom. The molecule has 3 amide bonds. The summed E-state index contributed by atoms with van der Waals surface area (Å²) in [5, 5.41) is 10.9. The van der Waals surface area contributed by atoms with Gasteiger partial charge in [0.05, 0.1) is 0 Å². The van der Waals surface area contributed by atoms with Gasteiger partial charge in [-0.2, -0.15) is 0 Å². The minimum absolute atomic E-state index is 0.175. The zero-order valence-electron chi connectivity index (χ0n) is 10.3. The summed E-state index contributed by atoms with van der Waals surface area (Å²) >= 11 is 0. The zero-order chi connectivity index (χ0) is 13.6. The molecule has 0 aliphatic rings. The number of hydrogen-bond donors (Lipinski definition) is 3. The summed E-state index contributed by atoms with van der Waals surface area (Å²) in [5.74, 6) is -1.39. The van der Waals surface area contributed by atoms with Gasteiger partial charge in [-0.3, -0.25) is 9.59 Å². The van der Waals surface area contributed by atoms with Crippen LogP contribution in [0.5, 0.6) is 0 Å². The van der Waals surface area contributed by atoms with Gasteiger partial charge in [0.2, 0.25) is 5.91 Å². The van der Waals surface area contributed by atoms with Gasteiger partial charge in [-0.1, -0.05) is 13.8 Å². The van der Waals surface area contributed by atoms with Crippen molar-refractivity contribution in [1.82, 2.24) is 10.2 Å². The largest absolute Gasteiger partial charge is 0.480 e. The van der Waals surface area contributed by atoms with E-state index in [0.29, 0.717) is 6.42 Å². The fraction of sp³-hybridized carbons (Fsp3) is 0.700. The predicted molar refractivity (Wildman–Crippen MR) is 61.2 cm³/mol. The van der Waals surface area contributed by atoms with E-state index >= 15 is 0 Å². The second-order valence-electron chi connectivity index (χ2n) is 4.28. The number of likely N-dealkylation sites (N-methyl/N-ethyl adjacent to an activating group) is 1. The number of rotatable bonds is 6. The molecule has 0 rings (SSSR count). The average molecular weight is 245 g/mol. The van der Waals surface area contributed by atoms with Gasteiger partial charge in [-0.25, -0.2) is 4.79 Å². The normalized spacial score (nSPS) is 12.0. The SMILES string of the molecule is CC(C)CC(NC(N)=O)C(=O)N(C)CC(=O)O. The summed E-state index contributed by atoms with van der Waals surface area (Å²) < 4.78 is 0. The van der Waals surface area contributed by atoms with E-state index in [1.807, 2.05) is 13.8 Å². The molecule has 1 atom stereocenters. The molecular formula is C10H19N3O4. The number of nitrogens with two attached hydrogens (primary N) is 1. The average Bonchev–Trinajstić information content (AvgIpc) is 2.12. The molecule has 0 saturated heterocycles. The van der Waals surface area contributed by atoms with Crippen LogP contribution in [0.1, 0.15) is 20.3 Å². The second kappa shape index (κ2) is 6.72. The van der Waals surface area contributed by atoms with Crippen molar-refractivity contribution >= 4 is 17.9 Å². The van der Waals surface area contributed by atoms with E-state index in [1.165, 1.54) is 7.05 Å². The molecule has 0 aliphatic carbocycles. The van der Waals surface area contributed by atoms with Crippen LogP contribution in [-0.4, -0.2) is 47.5 Å². The van der Waals surface area contributed by atoms with E-state index in [-0.39, 0.29) is 5.92 Å². The first-order chi connectivity index (χ1) is 7.73. The number of primary amides is 1. The van der Waals surface area contributed by atoms with Crippen LogP contribution in [0.2, 0.25) is 0 Å². The fourth-order valence-electron chi connectivity index (χ4n) is 1.41. The van der Waals surface area contributed by atoms with Crippen LogP contribution in [0.25, 0.3) is 0 Å². The van der Waals surface area contributed by atoms with Crippen molar-refractivity contribution in [1.29, 1.82) is 0 Å². The van der Waals surface area contributed by atoms with Crippen LogP contribution in [-0.2, 0) is 9.59 Å². The van der Waals surface area contributed by atoms with Crippen LogP contribution in [0.15, 0.2) is 0 Å². The number of hydrogen-bond acceptors (Lipinski definition) is 3. The van der Waals surface area contributed by atoms with Gasteiger partial charge in [-0.15, -0.1) is 0 Å². The first-order valence-electron chi connectivity index (χ1n) is 5.26. The van der Waals surface area contributed by atoms with Crippen LogP contribution in [0, 0.1) is 5.92 Å². The van der Waals surface area contributed by atoms with Crippen LogP contribution in [0.3, 0.4) is 0 Å². The fourth-order valence-corrected chi connectivity index (χ4v) is 1.41. The lowest BCUT2D eigenvalue weighted by atomic mass is 10.0. The lowest BCUT2D eigenvalue weighted by Crippen LogP contribution is -2.50. The summed E-state index contributed by atoms with van der Waals surface area (Å²) in [4.78, 5) is 34.1. The molecule has 4 N–H and O–H groups in total.